The van der Waals surface area contributed by atoms with Crippen LogP contribution in [0.25, 0.3) is 0 Å². The second-order valence-corrected chi connectivity index (χ2v) is 4.29. The highest BCUT2D eigenvalue weighted by Gasteiger charge is 2.24. The molecule has 0 aromatic carbocycles. The molecule has 1 heterocycles. The van der Waals surface area contributed by atoms with Gasteiger partial charge in [0, 0.05) is 19.3 Å². The van der Waals surface area contributed by atoms with Crippen molar-refractivity contribution in [3.05, 3.63) is 17.8 Å². The molecule has 1 aromatic rings. The van der Waals surface area contributed by atoms with Gasteiger partial charge in [-0.1, -0.05) is 0 Å². The van der Waals surface area contributed by atoms with E-state index in [1.165, 1.54) is 6.20 Å². The van der Waals surface area contributed by atoms with E-state index in [1.807, 2.05) is 6.07 Å². The highest BCUT2D eigenvalue weighted by atomic mass is 16.5. The molecule has 0 spiro atoms. The lowest BCUT2D eigenvalue weighted by Gasteiger charge is -2.15. The fourth-order valence-electron chi connectivity index (χ4n) is 2.14. The van der Waals surface area contributed by atoms with Crippen molar-refractivity contribution in [1.29, 1.82) is 5.26 Å². The Balaban J connectivity index is 2.02. The van der Waals surface area contributed by atoms with Crippen molar-refractivity contribution in [3.63, 3.8) is 0 Å². The summed E-state index contributed by atoms with van der Waals surface area (Å²) < 4.78 is 5.31. The summed E-state index contributed by atoms with van der Waals surface area (Å²) in [6.45, 7) is 0. The highest BCUT2D eigenvalue weighted by molar-refractivity contribution is 5.63. The quantitative estimate of drug-likeness (QED) is 0.825. The molecule has 2 rings (SSSR count). The third kappa shape index (κ3) is 2.66. The molecule has 1 aromatic heterocycles. The minimum absolute atomic E-state index is 0.326. The van der Waals surface area contributed by atoms with Crippen LogP contribution in [0.1, 0.15) is 24.8 Å². The maximum Gasteiger partial charge on any atom is 0.149 e. The molecule has 0 aliphatic heterocycles. The first kappa shape index (κ1) is 11.7. The van der Waals surface area contributed by atoms with E-state index in [0.717, 1.165) is 19.3 Å². The molecule has 0 bridgehead atoms. The van der Waals surface area contributed by atoms with Crippen LogP contribution in [0.5, 0.6) is 0 Å². The Morgan fingerprint density at radius 3 is 3.00 bits per heavy atom. The molecule has 5 nitrogen and oxygen atoms in total. The van der Waals surface area contributed by atoms with Crippen LogP contribution in [-0.2, 0) is 4.74 Å². The van der Waals surface area contributed by atoms with Gasteiger partial charge in [-0.3, -0.25) is 0 Å². The molecular weight excluding hydrogens is 216 g/mol. The van der Waals surface area contributed by atoms with Crippen LogP contribution in [0, 0.1) is 11.3 Å². The van der Waals surface area contributed by atoms with Gasteiger partial charge in [0.25, 0.3) is 0 Å². The van der Waals surface area contributed by atoms with E-state index < -0.39 is 0 Å². The lowest BCUT2D eigenvalue weighted by atomic mass is 10.2. The first-order chi connectivity index (χ1) is 8.22. The number of aromatic nitrogens is 1. The number of hydrogen-bond donors (Lipinski definition) is 2. The Morgan fingerprint density at radius 1 is 1.59 bits per heavy atom. The van der Waals surface area contributed by atoms with Gasteiger partial charge in [-0.2, -0.15) is 5.26 Å². The molecule has 1 aliphatic carbocycles. The predicted octanol–water partition coefficient (Wildman–Crippen LogP) is 1.51. The Kier molecular flexibility index (Phi) is 3.45. The van der Waals surface area contributed by atoms with E-state index in [1.54, 1.807) is 13.2 Å². The zero-order chi connectivity index (χ0) is 12.3. The molecule has 2 atom stereocenters. The van der Waals surface area contributed by atoms with Crippen molar-refractivity contribution in [3.8, 4) is 6.07 Å². The number of nitrogen functional groups attached to an aromatic ring is 1. The number of nitrogens with zero attached hydrogens (tertiary/aromatic N) is 2. The van der Waals surface area contributed by atoms with Gasteiger partial charge in [0.2, 0.25) is 0 Å². The lowest BCUT2D eigenvalue weighted by molar-refractivity contribution is 0.108. The molecule has 17 heavy (non-hydrogen) atoms. The maximum absolute atomic E-state index is 8.72. The van der Waals surface area contributed by atoms with Crippen molar-refractivity contribution in [1.82, 2.24) is 4.98 Å². The summed E-state index contributed by atoms with van der Waals surface area (Å²) in [4.78, 5) is 4.16. The monoisotopic (exact) mass is 232 g/mol. The zero-order valence-electron chi connectivity index (χ0n) is 9.81. The van der Waals surface area contributed by atoms with Gasteiger partial charge >= 0.3 is 0 Å². The van der Waals surface area contributed by atoms with Gasteiger partial charge in [0.1, 0.15) is 11.9 Å². The number of nitriles is 1. The zero-order valence-corrected chi connectivity index (χ0v) is 9.81. The first-order valence-corrected chi connectivity index (χ1v) is 5.68. The molecule has 0 saturated heterocycles. The van der Waals surface area contributed by atoms with E-state index in [0.29, 0.717) is 29.2 Å². The van der Waals surface area contributed by atoms with Gasteiger partial charge in [-0.05, 0) is 25.3 Å². The van der Waals surface area contributed by atoms with Crippen LogP contribution in [-0.4, -0.2) is 24.2 Å². The topological polar surface area (TPSA) is 84.0 Å². The fourth-order valence-corrected chi connectivity index (χ4v) is 2.14. The summed E-state index contributed by atoms with van der Waals surface area (Å²) in [5, 5.41) is 12.0. The number of ether oxygens (including phenoxy) is 1. The molecule has 1 fully saturated rings. The SMILES string of the molecule is COC1CCC(Nc2ncc(C#N)cc2N)C1. The van der Waals surface area contributed by atoms with Crippen LogP contribution in [0.3, 0.4) is 0 Å². The van der Waals surface area contributed by atoms with E-state index in [4.69, 9.17) is 15.7 Å². The van der Waals surface area contributed by atoms with Gasteiger partial charge in [-0.15, -0.1) is 0 Å². The Hall–Kier alpha value is -1.80. The summed E-state index contributed by atoms with van der Waals surface area (Å²) in [5.74, 6) is 0.658. The van der Waals surface area contributed by atoms with E-state index in [2.05, 4.69) is 10.3 Å². The molecule has 1 saturated carbocycles. The molecule has 90 valence electrons. The summed E-state index contributed by atoms with van der Waals surface area (Å²) in [6, 6.07) is 4.00. The van der Waals surface area contributed by atoms with Crippen molar-refractivity contribution in [2.75, 3.05) is 18.2 Å². The van der Waals surface area contributed by atoms with Gasteiger partial charge < -0.3 is 15.8 Å². The number of nitrogens with two attached hydrogens (primary N) is 1. The van der Waals surface area contributed by atoms with Crippen molar-refractivity contribution in [2.24, 2.45) is 0 Å². The van der Waals surface area contributed by atoms with Crippen LogP contribution in [0.15, 0.2) is 12.3 Å². The molecule has 0 amide bonds. The second-order valence-electron chi connectivity index (χ2n) is 4.29. The second kappa shape index (κ2) is 5.02. The predicted molar refractivity (Wildman–Crippen MR) is 65.4 cm³/mol. The molecule has 0 radical (unpaired) electrons. The summed E-state index contributed by atoms with van der Waals surface area (Å²) in [6.07, 6.45) is 4.94. The number of rotatable bonds is 3. The Morgan fingerprint density at radius 2 is 2.41 bits per heavy atom. The molecule has 5 heteroatoms. The van der Waals surface area contributed by atoms with Gasteiger partial charge in [0.05, 0.1) is 17.4 Å². The average Bonchev–Trinajstić information content (AvgIpc) is 2.79. The van der Waals surface area contributed by atoms with Crippen LogP contribution >= 0.6 is 0 Å². The van der Waals surface area contributed by atoms with Crippen LogP contribution < -0.4 is 11.1 Å². The third-order valence-corrected chi connectivity index (χ3v) is 3.10. The molecule has 1 aliphatic rings. The normalized spacial score (nSPS) is 23.3. The van der Waals surface area contributed by atoms with Gasteiger partial charge in [-0.25, -0.2) is 4.98 Å². The van der Waals surface area contributed by atoms with Crippen molar-refractivity contribution < 1.29 is 4.74 Å². The number of hydrogen-bond acceptors (Lipinski definition) is 5. The largest absolute Gasteiger partial charge is 0.396 e. The van der Waals surface area contributed by atoms with Crippen LogP contribution in [0.4, 0.5) is 11.5 Å². The van der Waals surface area contributed by atoms with E-state index in [9.17, 15) is 0 Å². The lowest BCUT2D eigenvalue weighted by Crippen LogP contribution is -2.19. The standard InChI is InChI=1S/C12H16N4O/c1-17-10-3-2-9(5-10)16-12-11(14)4-8(6-13)7-15-12/h4,7,9-10H,2-3,5,14H2,1H3,(H,15,16). The highest BCUT2D eigenvalue weighted by Crippen LogP contribution is 2.26. The van der Waals surface area contributed by atoms with Crippen LogP contribution in [0.2, 0.25) is 0 Å². The van der Waals surface area contributed by atoms with E-state index in [-0.39, 0.29) is 0 Å². The molecule has 3 N–H and O–H groups in total. The molecular formula is C12H16N4O. The maximum atomic E-state index is 8.72. The Labute approximate surface area is 101 Å². The minimum Gasteiger partial charge on any atom is -0.396 e. The molecule has 2 unspecified atom stereocenters. The fraction of sp³-hybridized carbons (Fsp3) is 0.500. The first-order valence-electron chi connectivity index (χ1n) is 5.68. The van der Waals surface area contributed by atoms with Crippen molar-refractivity contribution >= 4 is 11.5 Å². The van der Waals surface area contributed by atoms with E-state index >= 15 is 0 Å². The number of methoxy groups -OCH3 is 1. The van der Waals surface area contributed by atoms with Gasteiger partial charge in [0.15, 0.2) is 0 Å². The summed E-state index contributed by atoms with van der Waals surface area (Å²) in [7, 11) is 1.74. The van der Waals surface area contributed by atoms with Crippen molar-refractivity contribution in [2.45, 2.75) is 31.4 Å². The average molecular weight is 232 g/mol. The number of pyridine rings is 1. The Bertz CT molecular complexity index is 441. The number of nitrogens with one attached hydrogen (secondary N) is 1. The number of anilines is 2. The third-order valence-electron chi connectivity index (χ3n) is 3.10. The summed E-state index contributed by atoms with van der Waals surface area (Å²) in [5.41, 5.74) is 6.83. The summed E-state index contributed by atoms with van der Waals surface area (Å²) >= 11 is 0. The smallest absolute Gasteiger partial charge is 0.149 e. The minimum atomic E-state index is 0.326.